The molecule has 0 aromatic heterocycles. The number of para-hydroxylation sites is 1. The average molecular weight is 237 g/mol. The molecule has 17 heavy (non-hydrogen) atoms. The van der Waals surface area contributed by atoms with Gasteiger partial charge in [-0.3, -0.25) is 4.79 Å². The number of carbonyl (C=O) groups excluding carboxylic acids is 1. The largest absolute Gasteiger partial charge is 0.508 e. The Morgan fingerprint density at radius 1 is 1.41 bits per heavy atom. The molecule has 0 spiro atoms. The van der Waals surface area contributed by atoms with Crippen molar-refractivity contribution in [2.75, 3.05) is 13.7 Å². The van der Waals surface area contributed by atoms with Gasteiger partial charge in [-0.25, -0.2) is 0 Å². The fraction of sp³-hybridized carbons (Fsp3) is 0.462. The minimum atomic E-state index is -0.178. The molecule has 1 unspecified atom stereocenters. The number of amides is 1. The van der Waals surface area contributed by atoms with Crippen molar-refractivity contribution < 1.29 is 15.0 Å². The van der Waals surface area contributed by atoms with Gasteiger partial charge in [-0.15, -0.1) is 0 Å². The van der Waals surface area contributed by atoms with Crippen LogP contribution in [-0.2, 0) is 4.79 Å². The Balaban J connectivity index is 2.72. The predicted molar refractivity (Wildman–Crippen MR) is 65.6 cm³/mol. The maximum Gasteiger partial charge on any atom is 0.222 e. The van der Waals surface area contributed by atoms with Gasteiger partial charge in [0.15, 0.2) is 0 Å². The lowest BCUT2D eigenvalue weighted by Gasteiger charge is -2.25. The first-order chi connectivity index (χ1) is 8.07. The Bertz CT molecular complexity index is 379. The first-order valence-corrected chi connectivity index (χ1v) is 5.72. The van der Waals surface area contributed by atoms with E-state index >= 15 is 0 Å². The molecule has 1 aromatic carbocycles. The topological polar surface area (TPSA) is 60.8 Å². The van der Waals surface area contributed by atoms with Crippen molar-refractivity contribution in [3.8, 4) is 5.75 Å². The number of hydrogen-bond donors (Lipinski definition) is 2. The summed E-state index contributed by atoms with van der Waals surface area (Å²) < 4.78 is 0. The standard InChI is InChI=1S/C13H19NO3/c1-10(11-6-3-4-7-12(11)16)14(2)13(17)8-5-9-15/h3-4,6-7,10,15-16H,5,8-9H2,1-2H3. The molecule has 4 nitrogen and oxygen atoms in total. The summed E-state index contributed by atoms with van der Waals surface area (Å²) in [5, 5.41) is 18.4. The van der Waals surface area contributed by atoms with E-state index in [2.05, 4.69) is 0 Å². The summed E-state index contributed by atoms with van der Waals surface area (Å²) in [5.74, 6) is 0.164. The van der Waals surface area contributed by atoms with E-state index in [1.54, 1.807) is 30.1 Å². The lowest BCUT2D eigenvalue weighted by Crippen LogP contribution is -2.29. The third kappa shape index (κ3) is 3.46. The Labute approximate surface area is 101 Å². The molecular weight excluding hydrogens is 218 g/mol. The van der Waals surface area contributed by atoms with Crippen molar-refractivity contribution in [3.05, 3.63) is 29.8 Å². The SMILES string of the molecule is CC(c1ccccc1O)N(C)C(=O)CCCO. The van der Waals surface area contributed by atoms with Crippen LogP contribution >= 0.6 is 0 Å². The first kappa shape index (κ1) is 13.5. The number of phenolic OH excluding ortho intramolecular Hbond substituents is 1. The van der Waals surface area contributed by atoms with Gasteiger partial charge in [0, 0.05) is 25.6 Å². The zero-order valence-electron chi connectivity index (χ0n) is 10.3. The number of nitrogens with zero attached hydrogens (tertiary/aromatic N) is 1. The van der Waals surface area contributed by atoms with Crippen LogP contribution in [0.3, 0.4) is 0 Å². The minimum Gasteiger partial charge on any atom is -0.508 e. The van der Waals surface area contributed by atoms with Crippen LogP contribution in [-0.4, -0.2) is 34.7 Å². The molecule has 4 heteroatoms. The molecule has 1 atom stereocenters. The Morgan fingerprint density at radius 2 is 2.06 bits per heavy atom. The summed E-state index contributed by atoms with van der Waals surface area (Å²) in [4.78, 5) is 13.3. The molecule has 1 amide bonds. The van der Waals surface area contributed by atoms with Crippen LogP contribution in [0.1, 0.15) is 31.4 Å². The molecule has 1 rings (SSSR count). The molecule has 94 valence electrons. The van der Waals surface area contributed by atoms with Gasteiger partial charge in [0.2, 0.25) is 5.91 Å². The predicted octanol–water partition coefficient (Wildman–Crippen LogP) is 1.68. The fourth-order valence-electron chi connectivity index (χ4n) is 1.67. The van der Waals surface area contributed by atoms with Gasteiger partial charge in [0.05, 0.1) is 6.04 Å². The maximum absolute atomic E-state index is 11.8. The first-order valence-electron chi connectivity index (χ1n) is 5.72. The van der Waals surface area contributed by atoms with Crippen LogP contribution in [0.4, 0.5) is 0 Å². The van der Waals surface area contributed by atoms with Gasteiger partial charge in [-0.05, 0) is 19.4 Å². The van der Waals surface area contributed by atoms with Crippen LogP contribution in [0, 0.1) is 0 Å². The van der Waals surface area contributed by atoms with E-state index in [-0.39, 0.29) is 24.3 Å². The van der Waals surface area contributed by atoms with Crippen molar-refractivity contribution in [2.24, 2.45) is 0 Å². The van der Waals surface area contributed by atoms with Crippen molar-refractivity contribution in [2.45, 2.75) is 25.8 Å². The van der Waals surface area contributed by atoms with Gasteiger partial charge in [-0.1, -0.05) is 18.2 Å². The summed E-state index contributed by atoms with van der Waals surface area (Å²) in [5.41, 5.74) is 0.729. The second-order valence-corrected chi connectivity index (χ2v) is 4.07. The lowest BCUT2D eigenvalue weighted by molar-refractivity contribution is -0.132. The van der Waals surface area contributed by atoms with Gasteiger partial charge in [-0.2, -0.15) is 0 Å². The number of rotatable bonds is 5. The van der Waals surface area contributed by atoms with Crippen LogP contribution in [0.2, 0.25) is 0 Å². The second kappa shape index (κ2) is 6.25. The molecule has 2 N–H and O–H groups in total. The summed E-state index contributed by atoms with van der Waals surface area (Å²) in [6.45, 7) is 1.89. The molecule has 0 aliphatic heterocycles. The Morgan fingerprint density at radius 3 is 2.65 bits per heavy atom. The summed E-state index contributed by atoms with van der Waals surface area (Å²) in [6, 6.07) is 6.81. The quantitative estimate of drug-likeness (QED) is 0.819. The van der Waals surface area contributed by atoms with E-state index in [1.807, 2.05) is 13.0 Å². The number of carbonyl (C=O) groups is 1. The monoisotopic (exact) mass is 237 g/mol. The van der Waals surface area contributed by atoms with Crippen LogP contribution < -0.4 is 0 Å². The molecule has 0 aliphatic rings. The van der Waals surface area contributed by atoms with Crippen LogP contribution in [0.15, 0.2) is 24.3 Å². The third-order valence-electron chi connectivity index (χ3n) is 2.91. The molecule has 0 radical (unpaired) electrons. The van der Waals surface area contributed by atoms with Crippen molar-refractivity contribution in [3.63, 3.8) is 0 Å². The van der Waals surface area contributed by atoms with Gasteiger partial charge in [0.1, 0.15) is 5.75 Å². The molecule has 0 heterocycles. The van der Waals surface area contributed by atoms with E-state index < -0.39 is 0 Å². The highest BCUT2D eigenvalue weighted by Gasteiger charge is 2.18. The summed E-state index contributed by atoms with van der Waals surface area (Å²) in [7, 11) is 1.71. The van der Waals surface area contributed by atoms with E-state index in [0.29, 0.717) is 12.8 Å². The zero-order valence-corrected chi connectivity index (χ0v) is 10.3. The highest BCUT2D eigenvalue weighted by atomic mass is 16.3. The smallest absolute Gasteiger partial charge is 0.222 e. The summed E-state index contributed by atoms with van der Waals surface area (Å²) in [6.07, 6.45) is 0.793. The van der Waals surface area contributed by atoms with E-state index in [1.165, 1.54) is 0 Å². The van der Waals surface area contributed by atoms with Crippen molar-refractivity contribution >= 4 is 5.91 Å². The number of aromatic hydroxyl groups is 1. The number of aliphatic hydroxyl groups is 1. The molecule has 0 bridgehead atoms. The normalized spacial score (nSPS) is 12.2. The third-order valence-corrected chi connectivity index (χ3v) is 2.91. The number of hydrogen-bond acceptors (Lipinski definition) is 3. The van der Waals surface area contributed by atoms with Gasteiger partial charge >= 0.3 is 0 Å². The van der Waals surface area contributed by atoms with E-state index in [9.17, 15) is 9.90 Å². The Kier molecular flexibility index (Phi) is 4.97. The fourth-order valence-corrected chi connectivity index (χ4v) is 1.67. The molecule has 0 saturated heterocycles. The summed E-state index contributed by atoms with van der Waals surface area (Å²) >= 11 is 0. The van der Waals surface area contributed by atoms with Crippen molar-refractivity contribution in [1.82, 2.24) is 4.90 Å². The van der Waals surface area contributed by atoms with E-state index in [0.717, 1.165) is 5.56 Å². The minimum absolute atomic E-state index is 0.0184. The number of aliphatic hydroxyl groups excluding tert-OH is 1. The number of benzene rings is 1. The highest BCUT2D eigenvalue weighted by molar-refractivity contribution is 5.76. The maximum atomic E-state index is 11.8. The molecule has 0 saturated carbocycles. The highest BCUT2D eigenvalue weighted by Crippen LogP contribution is 2.27. The second-order valence-electron chi connectivity index (χ2n) is 4.07. The van der Waals surface area contributed by atoms with Crippen LogP contribution in [0.5, 0.6) is 5.75 Å². The lowest BCUT2D eigenvalue weighted by atomic mass is 10.1. The van der Waals surface area contributed by atoms with Crippen molar-refractivity contribution in [1.29, 1.82) is 0 Å². The van der Waals surface area contributed by atoms with Gasteiger partial charge < -0.3 is 15.1 Å². The average Bonchev–Trinajstić information content (AvgIpc) is 2.34. The zero-order chi connectivity index (χ0) is 12.8. The number of phenols is 1. The van der Waals surface area contributed by atoms with Gasteiger partial charge in [0.25, 0.3) is 0 Å². The molecule has 0 aliphatic carbocycles. The van der Waals surface area contributed by atoms with Crippen LogP contribution in [0.25, 0.3) is 0 Å². The van der Waals surface area contributed by atoms with E-state index in [4.69, 9.17) is 5.11 Å². The molecule has 0 fully saturated rings. The Hall–Kier alpha value is -1.55. The molecule has 1 aromatic rings. The molecular formula is C13H19NO3.